The van der Waals surface area contributed by atoms with E-state index in [9.17, 15) is 14.9 Å². The van der Waals surface area contributed by atoms with Gasteiger partial charge in [0.25, 0.3) is 5.91 Å². The van der Waals surface area contributed by atoms with Crippen molar-refractivity contribution in [3.8, 4) is 11.8 Å². The van der Waals surface area contributed by atoms with Crippen LogP contribution in [0.5, 0.6) is 5.75 Å². The van der Waals surface area contributed by atoms with Crippen molar-refractivity contribution in [2.24, 2.45) is 13.0 Å². The molecular formula is C27H31N5O3. The van der Waals surface area contributed by atoms with E-state index in [0.717, 1.165) is 42.5 Å². The molecule has 1 N–H and O–H groups in total. The van der Waals surface area contributed by atoms with Crippen LogP contribution in [0.3, 0.4) is 0 Å². The predicted molar refractivity (Wildman–Crippen MR) is 135 cm³/mol. The number of fused-ring (bicyclic) bond motifs is 1. The number of amides is 2. The van der Waals surface area contributed by atoms with Crippen molar-refractivity contribution in [2.45, 2.75) is 39.5 Å². The van der Waals surface area contributed by atoms with E-state index < -0.39 is 0 Å². The molecule has 0 bridgehead atoms. The van der Waals surface area contributed by atoms with Crippen LogP contribution in [0.2, 0.25) is 0 Å². The zero-order chi connectivity index (χ0) is 25.3. The summed E-state index contributed by atoms with van der Waals surface area (Å²) < 4.78 is 7.25. The van der Waals surface area contributed by atoms with E-state index in [2.05, 4.69) is 22.6 Å². The summed E-state index contributed by atoms with van der Waals surface area (Å²) in [7, 11) is 3.48. The summed E-state index contributed by atoms with van der Waals surface area (Å²) in [4.78, 5) is 32.1. The molecule has 1 aliphatic heterocycles. The first-order valence-electron chi connectivity index (χ1n) is 11.9. The maximum Gasteiger partial charge on any atom is 0.255 e. The van der Waals surface area contributed by atoms with Crippen molar-refractivity contribution in [3.63, 3.8) is 0 Å². The summed E-state index contributed by atoms with van der Waals surface area (Å²) in [6, 6.07) is 6.80. The lowest BCUT2D eigenvalue weighted by Gasteiger charge is -2.33. The van der Waals surface area contributed by atoms with E-state index in [-0.39, 0.29) is 17.7 Å². The van der Waals surface area contributed by atoms with Crippen molar-refractivity contribution in [3.05, 3.63) is 52.8 Å². The van der Waals surface area contributed by atoms with Crippen LogP contribution in [0.15, 0.2) is 30.6 Å². The fourth-order valence-electron chi connectivity index (χ4n) is 4.86. The summed E-state index contributed by atoms with van der Waals surface area (Å²) in [6.45, 7) is 7.37. The Morgan fingerprint density at radius 2 is 1.94 bits per heavy atom. The summed E-state index contributed by atoms with van der Waals surface area (Å²) in [5, 5.41) is 13.3. The zero-order valence-electron chi connectivity index (χ0n) is 20.9. The largest absolute Gasteiger partial charge is 0.497 e. The third kappa shape index (κ3) is 4.72. The Kier molecular flexibility index (Phi) is 6.79. The Hall–Kier alpha value is -3.86. The van der Waals surface area contributed by atoms with Crippen molar-refractivity contribution in [2.75, 3.05) is 25.5 Å². The maximum absolute atomic E-state index is 13.0. The Morgan fingerprint density at radius 3 is 2.57 bits per heavy atom. The lowest BCUT2D eigenvalue weighted by molar-refractivity contribution is -0.135. The van der Waals surface area contributed by atoms with Gasteiger partial charge in [0, 0.05) is 43.2 Å². The Morgan fingerprint density at radius 1 is 1.23 bits per heavy atom. The molecule has 0 saturated carbocycles. The molecule has 1 aliphatic rings. The number of likely N-dealkylation sites (tertiary alicyclic amines) is 1. The number of benzene rings is 1. The van der Waals surface area contributed by atoms with E-state index in [0.29, 0.717) is 28.5 Å². The number of carbonyl (C=O) groups is 2. The molecule has 8 heteroatoms. The molecule has 182 valence electrons. The van der Waals surface area contributed by atoms with Crippen molar-refractivity contribution >= 4 is 28.5 Å². The predicted octanol–water partition coefficient (Wildman–Crippen LogP) is 4.38. The maximum atomic E-state index is 13.0. The molecule has 0 unspecified atom stereocenters. The minimum Gasteiger partial charge on any atom is -0.497 e. The summed E-state index contributed by atoms with van der Waals surface area (Å²) in [5.74, 6) is 0.657. The number of hydrogen-bond acceptors (Lipinski definition) is 5. The quantitative estimate of drug-likeness (QED) is 0.593. The molecule has 2 amide bonds. The first kappa shape index (κ1) is 24.3. The lowest BCUT2D eigenvalue weighted by atomic mass is 9.88. The molecule has 0 radical (unpaired) electrons. The number of piperidine rings is 1. The Labute approximate surface area is 205 Å². The van der Waals surface area contributed by atoms with Crippen LogP contribution in [0, 0.1) is 24.2 Å². The number of pyridine rings is 1. The van der Waals surface area contributed by atoms with Crippen molar-refractivity contribution < 1.29 is 14.3 Å². The third-order valence-corrected chi connectivity index (χ3v) is 6.80. The molecular weight excluding hydrogens is 442 g/mol. The molecule has 1 aromatic carbocycles. The van der Waals surface area contributed by atoms with Gasteiger partial charge in [0.15, 0.2) is 0 Å². The van der Waals surface area contributed by atoms with E-state index in [1.807, 2.05) is 37.3 Å². The second kappa shape index (κ2) is 9.79. The van der Waals surface area contributed by atoms with Gasteiger partial charge in [-0.25, -0.2) is 4.98 Å². The standard InChI is InChI=1S/C27H31N5O3/c1-16(2)27(34)32-8-6-19(7-9-32)22-15-31(4)25-24(22)17(3)23(14-29-25)30-26(33)20-10-18(13-28)11-21(12-20)35-5/h10-12,14-16,19H,6-9H2,1-5H3,(H,30,33). The number of anilines is 1. The molecule has 4 rings (SSSR count). The number of rotatable bonds is 5. The Bertz CT molecular complexity index is 1330. The number of nitrogens with one attached hydrogen (secondary N) is 1. The van der Waals surface area contributed by atoms with Gasteiger partial charge in [0.2, 0.25) is 5.91 Å². The van der Waals surface area contributed by atoms with Gasteiger partial charge in [0.1, 0.15) is 11.4 Å². The molecule has 3 heterocycles. The van der Waals surface area contributed by atoms with Crippen LogP contribution >= 0.6 is 0 Å². The lowest BCUT2D eigenvalue weighted by Crippen LogP contribution is -2.40. The summed E-state index contributed by atoms with van der Waals surface area (Å²) >= 11 is 0. The monoisotopic (exact) mass is 473 g/mol. The zero-order valence-corrected chi connectivity index (χ0v) is 20.9. The van der Waals surface area contributed by atoms with Gasteiger partial charge in [-0.2, -0.15) is 5.26 Å². The van der Waals surface area contributed by atoms with Gasteiger partial charge in [-0.15, -0.1) is 0 Å². The van der Waals surface area contributed by atoms with Crippen LogP contribution in [0.4, 0.5) is 5.69 Å². The number of methoxy groups -OCH3 is 1. The highest BCUT2D eigenvalue weighted by Crippen LogP contribution is 2.37. The van der Waals surface area contributed by atoms with Gasteiger partial charge in [0.05, 0.1) is 30.6 Å². The van der Waals surface area contributed by atoms with Crippen LogP contribution in [-0.2, 0) is 11.8 Å². The molecule has 0 aliphatic carbocycles. The topological polar surface area (TPSA) is 100 Å². The van der Waals surface area contributed by atoms with Gasteiger partial charge in [-0.3, -0.25) is 9.59 Å². The van der Waals surface area contributed by atoms with Crippen LogP contribution in [0.1, 0.15) is 59.7 Å². The van der Waals surface area contributed by atoms with Crippen molar-refractivity contribution in [1.82, 2.24) is 14.5 Å². The number of nitrogens with zero attached hydrogens (tertiary/aromatic N) is 4. The fourth-order valence-corrected chi connectivity index (χ4v) is 4.86. The highest BCUT2D eigenvalue weighted by molar-refractivity contribution is 6.06. The van der Waals surface area contributed by atoms with Gasteiger partial charge in [-0.1, -0.05) is 13.8 Å². The SMILES string of the molecule is COc1cc(C#N)cc(C(=O)Nc2cnc3c(c(C4CCN(C(=O)C(C)C)CC4)cn3C)c2C)c1. The number of nitriles is 1. The summed E-state index contributed by atoms with van der Waals surface area (Å²) in [6.07, 6.45) is 5.60. The number of ether oxygens (including phenoxy) is 1. The van der Waals surface area contributed by atoms with E-state index in [4.69, 9.17) is 4.74 Å². The number of carbonyl (C=O) groups excluding carboxylic acids is 2. The first-order chi connectivity index (χ1) is 16.7. The molecule has 35 heavy (non-hydrogen) atoms. The second-order valence-electron chi connectivity index (χ2n) is 9.46. The highest BCUT2D eigenvalue weighted by atomic mass is 16.5. The van der Waals surface area contributed by atoms with E-state index >= 15 is 0 Å². The second-order valence-corrected chi connectivity index (χ2v) is 9.46. The number of aryl methyl sites for hydroxylation is 2. The average molecular weight is 474 g/mol. The van der Waals surface area contributed by atoms with Crippen LogP contribution in [0.25, 0.3) is 11.0 Å². The van der Waals surface area contributed by atoms with Gasteiger partial charge in [-0.05, 0) is 55.0 Å². The molecule has 0 atom stereocenters. The smallest absolute Gasteiger partial charge is 0.255 e. The van der Waals surface area contributed by atoms with Crippen LogP contribution < -0.4 is 10.1 Å². The summed E-state index contributed by atoms with van der Waals surface area (Å²) in [5.41, 5.74) is 4.34. The minimum atomic E-state index is -0.331. The third-order valence-electron chi connectivity index (χ3n) is 6.80. The molecule has 3 aromatic rings. The Balaban J connectivity index is 1.62. The number of aromatic nitrogens is 2. The minimum absolute atomic E-state index is 0.00976. The first-order valence-corrected chi connectivity index (χ1v) is 11.9. The van der Waals surface area contributed by atoms with Gasteiger partial charge < -0.3 is 19.5 Å². The van der Waals surface area contributed by atoms with E-state index in [1.165, 1.54) is 12.7 Å². The molecule has 1 fully saturated rings. The van der Waals surface area contributed by atoms with E-state index in [1.54, 1.807) is 24.4 Å². The normalized spacial score (nSPS) is 14.3. The fraction of sp³-hybridized carbons (Fsp3) is 0.407. The van der Waals surface area contributed by atoms with Gasteiger partial charge >= 0.3 is 0 Å². The van der Waals surface area contributed by atoms with Crippen LogP contribution in [-0.4, -0.2) is 46.5 Å². The average Bonchev–Trinajstić information content (AvgIpc) is 3.21. The molecule has 1 saturated heterocycles. The highest BCUT2D eigenvalue weighted by Gasteiger charge is 2.28. The molecule has 0 spiro atoms. The molecule has 8 nitrogen and oxygen atoms in total. The van der Waals surface area contributed by atoms with Crippen molar-refractivity contribution in [1.29, 1.82) is 5.26 Å². The molecule has 2 aromatic heterocycles. The number of hydrogen-bond donors (Lipinski definition) is 1.